The van der Waals surface area contributed by atoms with E-state index >= 15 is 0 Å². The Balaban J connectivity index is 0. The fourth-order valence-corrected chi connectivity index (χ4v) is 0. The maximum Gasteiger partial charge on any atom is 0 e. The van der Waals surface area contributed by atoms with Crippen LogP contribution in [0.2, 0.25) is 0 Å². The van der Waals surface area contributed by atoms with Crippen LogP contribution in [0.4, 0.5) is 0 Å². The van der Waals surface area contributed by atoms with Crippen molar-refractivity contribution in [3.05, 3.63) is 0 Å². The summed E-state index contributed by atoms with van der Waals surface area (Å²) in [6, 6.07) is 0. The van der Waals surface area contributed by atoms with Gasteiger partial charge in [-0.05, 0) is 0 Å². The predicted octanol–water partition coefficient (Wildman–Crippen LogP) is -1.52. The first kappa shape index (κ1) is 34.4. The molecule has 0 aliphatic heterocycles. The van der Waals surface area contributed by atoms with Crippen molar-refractivity contribution in [2.24, 2.45) is 0 Å². The molecular formula is BaSi3. The molecule has 0 spiro atoms. The average Bonchev–Trinajstić information content (AvgIpc) is 0. The van der Waals surface area contributed by atoms with Crippen molar-refractivity contribution in [1.82, 2.24) is 0 Å². The Labute approximate surface area is 80.3 Å². The number of hydrogen-bond acceptors (Lipinski definition) is 0. The molecule has 0 rings (SSSR count). The van der Waals surface area contributed by atoms with E-state index in [2.05, 4.69) is 0 Å². The maximum atomic E-state index is 0. The molecular weight excluding hydrogens is 222 g/mol. The van der Waals surface area contributed by atoms with E-state index < -0.39 is 0 Å². The topological polar surface area (TPSA) is 0 Å². The van der Waals surface area contributed by atoms with Gasteiger partial charge in [0.2, 0.25) is 0 Å². The van der Waals surface area contributed by atoms with Gasteiger partial charge in [-0.2, -0.15) is 0 Å². The largest absolute Gasteiger partial charge is 0 e. The van der Waals surface area contributed by atoms with E-state index in [0.717, 1.165) is 0 Å². The van der Waals surface area contributed by atoms with Crippen LogP contribution in [0.25, 0.3) is 0 Å². The first-order chi connectivity index (χ1) is 0. The molecule has 0 amide bonds. The Morgan fingerprint density at radius 3 is 0.500 bits per heavy atom. The molecule has 4 heteroatoms. The van der Waals surface area contributed by atoms with Gasteiger partial charge >= 0.3 is 0 Å². The van der Waals surface area contributed by atoms with Crippen LogP contribution in [-0.4, -0.2) is 81.8 Å². The average molecular weight is 222 g/mol. The molecule has 0 bridgehead atoms. The summed E-state index contributed by atoms with van der Waals surface area (Å²) in [5.74, 6) is 0. The van der Waals surface area contributed by atoms with Gasteiger partial charge in [0.25, 0.3) is 0 Å². The molecule has 14 radical (unpaired) electrons. The second kappa shape index (κ2) is 18.9. The molecule has 0 aromatic heterocycles. The molecule has 14 valence electrons. The van der Waals surface area contributed by atoms with Crippen molar-refractivity contribution in [2.75, 3.05) is 0 Å². The van der Waals surface area contributed by atoms with E-state index in [1.807, 2.05) is 0 Å². The van der Waals surface area contributed by atoms with Crippen LogP contribution >= 0.6 is 0 Å². The Morgan fingerprint density at radius 1 is 0.500 bits per heavy atom. The van der Waals surface area contributed by atoms with Gasteiger partial charge < -0.3 is 0 Å². The molecule has 0 aliphatic rings. The van der Waals surface area contributed by atoms with Crippen molar-refractivity contribution >= 4 is 81.8 Å². The molecule has 0 saturated carbocycles. The molecule has 0 heterocycles. The van der Waals surface area contributed by atoms with Gasteiger partial charge in [-0.25, -0.2) is 0 Å². The van der Waals surface area contributed by atoms with Gasteiger partial charge in [0, 0.05) is 81.8 Å². The Morgan fingerprint density at radius 2 is 0.500 bits per heavy atom. The van der Waals surface area contributed by atoms with Gasteiger partial charge in [0.1, 0.15) is 0 Å². The summed E-state index contributed by atoms with van der Waals surface area (Å²) >= 11 is 0. The van der Waals surface area contributed by atoms with Crippen molar-refractivity contribution in [1.29, 1.82) is 0 Å². The normalized spacial score (nSPS) is 0. The van der Waals surface area contributed by atoms with Crippen LogP contribution in [0.5, 0.6) is 0 Å². The summed E-state index contributed by atoms with van der Waals surface area (Å²) in [5.41, 5.74) is 0. The Hall–Kier alpha value is 2.22. The third kappa shape index (κ3) is 8.88. The maximum absolute atomic E-state index is 0. The first-order valence-electron chi connectivity index (χ1n) is 0. The first-order valence-corrected chi connectivity index (χ1v) is 0. The minimum absolute atomic E-state index is 0. The quantitative estimate of drug-likeness (QED) is 0.436. The van der Waals surface area contributed by atoms with Crippen LogP contribution in [-0.2, 0) is 0 Å². The fourth-order valence-electron chi connectivity index (χ4n) is 0. The summed E-state index contributed by atoms with van der Waals surface area (Å²) in [4.78, 5) is 0. The van der Waals surface area contributed by atoms with Crippen molar-refractivity contribution in [3.63, 3.8) is 0 Å². The van der Waals surface area contributed by atoms with Gasteiger partial charge in [0.05, 0.1) is 0 Å². The Bertz CT molecular complexity index is 3.25. The van der Waals surface area contributed by atoms with Crippen LogP contribution in [0.15, 0.2) is 0 Å². The Kier molecular flexibility index (Phi) is 162. The van der Waals surface area contributed by atoms with E-state index in [9.17, 15) is 0 Å². The van der Waals surface area contributed by atoms with E-state index in [1.165, 1.54) is 0 Å². The third-order valence-corrected chi connectivity index (χ3v) is 0. The van der Waals surface area contributed by atoms with Crippen molar-refractivity contribution in [2.45, 2.75) is 0 Å². The summed E-state index contributed by atoms with van der Waals surface area (Å²) in [6.07, 6.45) is 0. The van der Waals surface area contributed by atoms with Gasteiger partial charge in [-0.15, -0.1) is 0 Å². The third-order valence-electron chi connectivity index (χ3n) is 0. The van der Waals surface area contributed by atoms with Crippen molar-refractivity contribution in [3.8, 4) is 0 Å². The van der Waals surface area contributed by atoms with Crippen LogP contribution in [0.3, 0.4) is 0 Å². The molecule has 0 nitrogen and oxygen atoms in total. The monoisotopic (exact) mass is 222 g/mol. The second-order valence-corrected chi connectivity index (χ2v) is 0. The molecule has 0 aromatic rings. The number of hydrogen-bond donors (Lipinski definition) is 0. The molecule has 0 atom stereocenters. The van der Waals surface area contributed by atoms with Gasteiger partial charge in [0.15, 0.2) is 0 Å². The minimum Gasteiger partial charge on any atom is 0 e. The molecule has 0 aromatic carbocycles. The summed E-state index contributed by atoms with van der Waals surface area (Å²) in [6.45, 7) is 0. The number of rotatable bonds is 0. The molecule has 0 saturated heterocycles. The van der Waals surface area contributed by atoms with Crippen LogP contribution < -0.4 is 0 Å². The smallest absolute Gasteiger partial charge is 0 e. The molecule has 4 heavy (non-hydrogen) atoms. The standard InChI is InChI=1S/Ba.3Si. The van der Waals surface area contributed by atoms with E-state index in [-0.39, 0.29) is 81.8 Å². The van der Waals surface area contributed by atoms with E-state index in [4.69, 9.17) is 0 Å². The second-order valence-electron chi connectivity index (χ2n) is 0. The van der Waals surface area contributed by atoms with Gasteiger partial charge in [-0.3, -0.25) is 0 Å². The fraction of sp³-hybridized carbons (Fsp3) is 0. The van der Waals surface area contributed by atoms with Crippen LogP contribution in [0.1, 0.15) is 0 Å². The van der Waals surface area contributed by atoms with Gasteiger partial charge in [-0.1, -0.05) is 0 Å². The SMILES string of the molecule is [Ba].[Si].[Si].[Si]. The summed E-state index contributed by atoms with van der Waals surface area (Å²) in [7, 11) is 0. The zero-order valence-electron chi connectivity index (χ0n) is 2.21. The molecule has 0 aliphatic carbocycles. The van der Waals surface area contributed by atoms with E-state index in [1.54, 1.807) is 0 Å². The summed E-state index contributed by atoms with van der Waals surface area (Å²) in [5, 5.41) is 0. The molecule has 0 fully saturated rings. The summed E-state index contributed by atoms with van der Waals surface area (Å²) < 4.78 is 0. The zero-order chi connectivity index (χ0) is 0. The van der Waals surface area contributed by atoms with Crippen LogP contribution in [0, 0.1) is 0 Å². The minimum atomic E-state index is 0. The predicted molar refractivity (Wildman–Crippen MR) is 23.0 cm³/mol. The zero-order valence-corrected chi connectivity index (χ0v) is 9.65. The van der Waals surface area contributed by atoms with Crippen molar-refractivity contribution < 1.29 is 0 Å². The molecule has 0 unspecified atom stereocenters. The van der Waals surface area contributed by atoms with E-state index in [0.29, 0.717) is 0 Å². The molecule has 0 N–H and O–H groups in total.